The standard InChI is InChI=1S/C18H21BrN2O2/c1-17-5-6-18(10-17,11-22-17)21-9-12-7-14(19)16(8-15(12)20-21)23-13-3-2-4-13/h7-9,13H,2-6,10-11H2,1H3. The zero-order valence-electron chi connectivity index (χ0n) is 13.3. The Bertz CT molecular complexity index is 773. The van der Waals surface area contributed by atoms with Gasteiger partial charge in [0.2, 0.25) is 0 Å². The Morgan fingerprint density at radius 1 is 1.35 bits per heavy atom. The second-order valence-corrected chi connectivity index (χ2v) is 8.58. The zero-order chi connectivity index (χ0) is 15.7. The molecule has 3 aliphatic rings. The van der Waals surface area contributed by atoms with Crippen molar-refractivity contribution in [1.82, 2.24) is 9.78 Å². The SMILES string of the molecule is CC12CCC(n3cc4cc(Br)c(OC5CCC5)cc4n3)(CO1)C2. The summed E-state index contributed by atoms with van der Waals surface area (Å²) in [6.07, 6.45) is 9.51. The highest BCUT2D eigenvalue weighted by Gasteiger charge is 2.54. The molecule has 2 atom stereocenters. The van der Waals surface area contributed by atoms with Gasteiger partial charge in [0.1, 0.15) is 5.75 Å². The normalized spacial score (nSPS) is 33.3. The van der Waals surface area contributed by atoms with Crippen LogP contribution in [0, 0.1) is 0 Å². The highest BCUT2D eigenvalue weighted by Crippen LogP contribution is 2.51. The Labute approximate surface area is 144 Å². The van der Waals surface area contributed by atoms with Gasteiger partial charge in [-0.15, -0.1) is 0 Å². The second-order valence-electron chi connectivity index (χ2n) is 7.73. The van der Waals surface area contributed by atoms with E-state index in [1.807, 2.05) is 0 Å². The Morgan fingerprint density at radius 2 is 2.22 bits per heavy atom. The smallest absolute Gasteiger partial charge is 0.136 e. The molecule has 2 aromatic rings. The molecule has 2 aliphatic carbocycles. The number of rotatable bonds is 3. The lowest BCUT2D eigenvalue weighted by Gasteiger charge is -2.27. The van der Waals surface area contributed by atoms with E-state index < -0.39 is 0 Å². The summed E-state index contributed by atoms with van der Waals surface area (Å²) in [5.41, 5.74) is 1.12. The molecule has 23 heavy (non-hydrogen) atoms. The van der Waals surface area contributed by atoms with Crippen LogP contribution in [0.5, 0.6) is 5.75 Å². The second kappa shape index (κ2) is 4.73. The van der Waals surface area contributed by atoms with Crippen molar-refractivity contribution in [2.75, 3.05) is 6.61 Å². The summed E-state index contributed by atoms with van der Waals surface area (Å²) in [6, 6.07) is 4.21. The van der Waals surface area contributed by atoms with Crippen LogP contribution in [-0.2, 0) is 10.3 Å². The molecular formula is C18H21BrN2O2. The van der Waals surface area contributed by atoms with Gasteiger partial charge in [-0.1, -0.05) is 0 Å². The van der Waals surface area contributed by atoms with Gasteiger partial charge in [0, 0.05) is 24.1 Å². The van der Waals surface area contributed by atoms with Crippen molar-refractivity contribution in [2.45, 2.75) is 62.7 Å². The molecule has 0 N–H and O–H groups in total. The summed E-state index contributed by atoms with van der Waals surface area (Å²) in [5.74, 6) is 0.920. The first-order valence-electron chi connectivity index (χ1n) is 8.55. The molecular weight excluding hydrogens is 356 g/mol. The maximum Gasteiger partial charge on any atom is 0.136 e. The maximum absolute atomic E-state index is 6.08. The lowest BCUT2D eigenvalue weighted by atomic mass is 9.96. The average molecular weight is 377 g/mol. The maximum atomic E-state index is 6.08. The van der Waals surface area contributed by atoms with E-state index in [4.69, 9.17) is 14.6 Å². The summed E-state index contributed by atoms with van der Waals surface area (Å²) in [4.78, 5) is 0. The molecule has 0 radical (unpaired) electrons. The Morgan fingerprint density at radius 3 is 2.83 bits per heavy atom. The molecule has 0 amide bonds. The lowest BCUT2D eigenvalue weighted by molar-refractivity contribution is -0.0149. The third-order valence-electron chi connectivity index (χ3n) is 5.90. The zero-order valence-corrected chi connectivity index (χ0v) is 14.9. The van der Waals surface area contributed by atoms with Gasteiger partial charge in [0.05, 0.1) is 33.8 Å². The molecule has 5 heteroatoms. The fourth-order valence-electron chi connectivity index (χ4n) is 4.21. The van der Waals surface area contributed by atoms with E-state index in [1.165, 1.54) is 6.42 Å². The minimum absolute atomic E-state index is 0.0508. The van der Waals surface area contributed by atoms with E-state index in [0.29, 0.717) is 6.10 Å². The predicted molar refractivity (Wildman–Crippen MR) is 91.9 cm³/mol. The average Bonchev–Trinajstić information content (AvgIpc) is 3.13. The van der Waals surface area contributed by atoms with Crippen LogP contribution >= 0.6 is 15.9 Å². The van der Waals surface area contributed by atoms with Crippen LogP contribution in [0.2, 0.25) is 0 Å². The van der Waals surface area contributed by atoms with Gasteiger partial charge in [0.25, 0.3) is 0 Å². The Balaban J connectivity index is 1.52. The van der Waals surface area contributed by atoms with Crippen LogP contribution in [-0.4, -0.2) is 28.1 Å². The van der Waals surface area contributed by atoms with Crippen molar-refractivity contribution in [3.63, 3.8) is 0 Å². The highest BCUT2D eigenvalue weighted by molar-refractivity contribution is 9.10. The van der Waals surface area contributed by atoms with Crippen LogP contribution in [0.25, 0.3) is 10.9 Å². The molecule has 1 saturated heterocycles. The van der Waals surface area contributed by atoms with E-state index in [0.717, 1.165) is 59.8 Å². The van der Waals surface area contributed by atoms with Crippen LogP contribution in [0.4, 0.5) is 0 Å². The van der Waals surface area contributed by atoms with Gasteiger partial charge in [0.15, 0.2) is 0 Å². The number of hydrogen-bond acceptors (Lipinski definition) is 3. The van der Waals surface area contributed by atoms with Crippen molar-refractivity contribution in [2.24, 2.45) is 0 Å². The number of halogens is 1. The van der Waals surface area contributed by atoms with Crippen molar-refractivity contribution in [3.8, 4) is 5.75 Å². The largest absolute Gasteiger partial charge is 0.489 e. The minimum Gasteiger partial charge on any atom is -0.489 e. The number of ether oxygens (including phenoxy) is 2. The van der Waals surface area contributed by atoms with Crippen molar-refractivity contribution in [1.29, 1.82) is 0 Å². The summed E-state index contributed by atoms with van der Waals surface area (Å²) < 4.78 is 15.3. The van der Waals surface area contributed by atoms with E-state index in [9.17, 15) is 0 Å². The molecule has 1 aromatic heterocycles. The summed E-state index contributed by atoms with van der Waals surface area (Å²) >= 11 is 3.65. The topological polar surface area (TPSA) is 36.3 Å². The molecule has 2 heterocycles. The van der Waals surface area contributed by atoms with Gasteiger partial charge in [-0.3, -0.25) is 4.68 Å². The third-order valence-corrected chi connectivity index (χ3v) is 6.52. The molecule has 2 unspecified atom stereocenters. The Hall–Kier alpha value is -1.07. The number of aromatic nitrogens is 2. The summed E-state index contributed by atoms with van der Waals surface area (Å²) in [6.45, 7) is 3.01. The van der Waals surface area contributed by atoms with Crippen LogP contribution < -0.4 is 4.74 Å². The molecule has 4 nitrogen and oxygen atoms in total. The fourth-order valence-corrected chi connectivity index (χ4v) is 4.67. The van der Waals surface area contributed by atoms with E-state index >= 15 is 0 Å². The van der Waals surface area contributed by atoms with E-state index in [-0.39, 0.29) is 11.1 Å². The number of nitrogens with zero attached hydrogens (tertiary/aromatic N) is 2. The molecule has 2 bridgehead atoms. The third kappa shape index (κ3) is 2.16. The quantitative estimate of drug-likeness (QED) is 0.796. The van der Waals surface area contributed by atoms with Gasteiger partial charge in [-0.25, -0.2) is 0 Å². The number of fused-ring (bicyclic) bond motifs is 3. The number of hydrogen-bond donors (Lipinski definition) is 0. The first kappa shape index (κ1) is 14.3. The molecule has 2 saturated carbocycles. The molecule has 1 aliphatic heterocycles. The van der Waals surface area contributed by atoms with Crippen LogP contribution in [0.15, 0.2) is 22.8 Å². The van der Waals surface area contributed by atoms with E-state index in [1.54, 1.807) is 0 Å². The fraction of sp³-hybridized carbons (Fsp3) is 0.611. The monoisotopic (exact) mass is 376 g/mol. The van der Waals surface area contributed by atoms with Gasteiger partial charge in [-0.05, 0) is 61.0 Å². The van der Waals surface area contributed by atoms with Crippen LogP contribution in [0.1, 0.15) is 45.4 Å². The molecule has 1 aromatic carbocycles. The Kier molecular flexibility index (Phi) is 2.94. The highest BCUT2D eigenvalue weighted by atomic mass is 79.9. The summed E-state index contributed by atoms with van der Waals surface area (Å²) in [7, 11) is 0. The van der Waals surface area contributed by atoms with Crippen molar-refractivity contribution in [3.05, 3.63) is 22.8 Å². The first-order chi connectivity index (χ1) is 11.1. The molecule has 3 fully saturated rings. The molecule has 0 spiro atoms. The van der Waals surface area contributed by atoms with E-state index in [2.05, 4.69) is 45.9 Å². The first-order valence-corrected chi connectivity index (χ1v) is 9.35. The van der Waals surface area contributed by atoms with Gasteiger partial charge in [-0.2, -0.15) is 5.10 Å². The molecule has 5 rings (SSSR count). The molecule has 122 valence electrons. The predicted octanol–water partition coefficient (Wildman–Crippen LogP) is 4.40. The van der Waals surface area contributed by atoms with Crippen LogP contribution in [0.3, 0.4) is 0 Å². The minimum atomic E-state index is 0.0508. The van der Waals surface area contributed by atoms with Crippen molar-refractivity contribution < 1.29 is 9.47 Å². The van der Waals surface area contributed by atoms with Gasteiger partial charge >= 0.3 is 0 Å². The number of benzene rings is 1. The van der Waals surface area contributed by atoms with Gasteiger partial charge < -0.3 is 9.47 Å². The lowest BCUT2D eigenvalue weighted by Crippen LogP contribution is -2.33. The summed E-state index contributed by atoms with van der Waals surface area (Å²) in [5, 5.41) is 6.04. The van der Waals surface area contributed by atoms with Crippen molar-refractivity contribution >= 4 is 26.8 Å².